The third kappa shape index (κ3) is 4.28. The number of benzene rings is 1. The molecule has 0 radical (unpaired) electrons. The van der Waals surface area contributed by atoms with Gasteiger partial charge in [0.25, 0.3) is 5.91 Å². The highest BCUT2D eigenvalue weighted by atomic mass is 19.1. The van der Waals surface area contributed by atoms with Crippen molar-refractivity contribution in [1.29, 1.82) is 0 Å². The molecule has 0 aliphatic carbocycles. The number of nitrogens with zero attached hydrogens (tertiary/aromatic N) is 4. The Kier molecular flexibility index (Phi) is 5.64. The second-order valence-corrected chi connectivity index (χ2v) is 5.64. The van der Waals surface area contributed by atoms with E-state index in [0.29, 0.717) is 31.2 Å². The predicted molar refractivity (Wildman–Crippen MR) is 95.3 cm³/mol. The van der Waals surface area contributed by atoms with Crippen LogP contribution in [-0.2, 0) is 4.79 Å². The van der Waals surface area contributed by atoms with E-state index in [1.165, 1.54) is 9.80 Å². The van der Waals surface area contributed by atoms with Crippen LogP contribution in [0.5, 0.6) is 5.75 Å². The zero-order chi connectivity index (χ0) is 18.4. The van der Waals surface area contributed by atoms with E-state index in [4.69, 9.17) is 4.74 Å². The summed E-state index contributed by atoms with van der Waals surface area (Å²) in [7, 11) is 0. The van der Waals surface area contributed by atoms with Crippen molar-refractivity contribution >= 4 is 11.9 Å². The Bertz CT molecular complexity index is 802. The first-order valence-electron chi connectivity index (χ1n) is 8.39. The lowest BCUT2D eigenvalue weighted by molar-refractivity contribution is -0.126. The maximum atomic E-state index is 14.4. The molecule has 1 aliphatic rings. The van der Waals surface area contributed by atoms with E-state index in [0.717, 1.165) is 5.75 Å². The van der Waals surface area contributed by atoms with Crippen molar-refractivity contribution in [3.63, 3.8) is 0 Å². The van der Waals surface area contributed by atoms with Gasteiger partial charge in [0.1, 0.15) is 5.75 Å². The maximum Gasteiger partial charge on any atom is 0.299 e. The summed E-state index contributed by atoms with van der Waals surface area (Å²) in [6.45, 7) is 3.13. The van der Waals surface area contributed by atoms with E-state index in [9.17, 15) is 9.18 Å². The molecule has 1 amide bonds. The number of rotatable bonds is 3. The van der Waals surface area contributed by atoms with Gasteiger partial charge in [0.2, 0.25) is 5.95 Å². The maximum absolute atomic E-state index is 14.4. The second-order valence-electron chi connectivity index (χ2n) is 5.64. The molecule has 2 aromatic rings. The van der Waals surface area contributed by atoms with Crippen molar-refractivity contribution in [2.24, 2.45) is 0 Å². The van der Waals surface area contributed by atoms with Gasteiger partial charge in [-0.2, -0.15) is 0 Å². The molecule has 6 nitrogen and oxygen atoms in total. The van der Waals surface area contributed by atoms with Crippen molar-refractivity contribution in [2.45, 2.75) is 13.2 Å². The normalized spacial score (nSPS) is 16.6. The van der Waals surface area contributed by atoms with E-state index in [-0.39, 0.29) is 6.54 Å². The minimum atomic E-state index is -1.36. The van der Waals surface area contributed by atoms with Crippen molar-refractivity contribution in [1.82, 2.24) is 14.9 Å². The van der Waals surface area contributed by atoms with Gasteiger partial charge in [-0.05, 0) is 37.3 Å². The first-order chi connectivity index (χ1) is 12.7. The lowest BCUT2D eigenvalue weighted by atomic mass is 10.2. The van der Waals surface area contributed by atoms with Crippen LogP contribution in [0.2, 0.25) is 0 Å². The topological polar surface area (TPSA) is 58.6 Å². The highest BCUT2D eigenvalue weighted by Gasteiger charge is 2.30. The molecule has 26 heavy (non-hydrogen) atoms. The number of halogens is 1. The number of ether oxygens (including phenoxy) is 1. The summed E-state index contributed by atoms with van der Waals surface area (Å²) in [5, 5.41) is 0. The largest absolute Gasteiger partial charge is 0.494 e. The molecule has 1 unspecified atom stereocenters. The SMILES string of the molecule is CCOc1ccc(C#CC(=O)N2CCN(c3ncccn3)C(F)C2)cc1. The van der Waals surface area contributed by atoms with Crippen molar-refractivity contribution in [3.05, 3.63) is 48.3 Å². The molecule has 0 saturated carbocycles. The van der Waals surface area contributed by atoms with Gasteiger partial charge >= 0.3 is 0 Å². The second kappa shape index (κ2) is 8.30. The molecule has 0 spiro atoms. The molecule has 7 heteroatoms. The van der Waals surface area contributed by atoms with Crippen molar-refractivity contribution in [3.8, 4) is 17.6 Å². The van der Waals surface area contributed by atoms with E-state index < -0.39 is 12.2 Å². The van der Waals surface area contributed by atoms with Crippen LogP contribution in [0.25, 0.3) is 0 Å². The third-order valence-corrected chi connectivity index (χ3v) is 3.90. The number of carbonyl (C=O) groups excluding carboxylic acids is 1. The molecule has 134 valence electrons. The van der Waals surface area contributed by atoms with E-state index >= 15 is 0 Å². The van der Waals surface area contributed by atoms with Crippen molar-refractivity contribution < 1.29 is 13.9 Å². The minimum Gasteiger partial charge on any atom is -0.494 e. The Morgan fingerprint density at radius 3 is 2.65 bits per heavy atom. The van der Waals surface area contributed by atoms with Crippen LogP contribution in [0, 0.1) is 11.8 Å². The average Bonchev–Trinajstić information content (AvgIpc) is 2.68. The summed E-state index contributed by atoms with van der Waals surface area (Å²) in [4.78, 5) is 23.2. The van der Waals surface area contributed by atoms with Crippen LogP contribution in [0.3, 0.4) is 0 Å². The van der Waals surface area contributed by atoms with Gasteiger partial charge < -0.3 is 14.5 Å². The summed E-state index contributed by atoms with van der Waals surface area (Å²) in [6.07, 6.45) is 1.77. The fraction of sp³-hybridized carbons (Fsp3) is 0.316. The van der Waals surface area contributed by atoms with Crippen LogP contribution in [0.15, 0.2) is 42.7 Å². The van der Waals surface area contributed by atoms with Gasteiger partial charge in [-0.3, -0.25) is 4.79 Å². The number of hydrogen-bond donors (Lipinski definition) is 0. The number of alkyl halides is 1. The fourth-order valence-electron chi connectivity index (χ4n) is 2.60. The smallest absolute Gasteiger partial charge is 0.299 e. The first kappa shape index (κ1) is 17.7. The molecule has 0 bridgehead atoms. The van der Waals surface area contributed by atoms with E-state index in [1.54, 1.807) is 42.7 Å². The van der Waals surface area contributed by atoms with Crippen LogP contribution >= 0.6 is 0 Å². The van der Waals surface area contributed by atoms with E-state index in [2.05, 4.69) is 21.8 Å². The molecule has 1 aliphatic heterocycles. The molecule has 1 atom stereocenters. The molecular weight excluding hydrogens is 335 g/mol. The summed E-state index contributed by atoms with van der Waals surface area (Å²) in [5.41, 5.74) is 0.704. The quantitative estimate of drug-likeness (QED) is 0.622. The Morgan fingerprint density at radius 1 is 1.27 bits per heavy atom. The Balaban J connectivity index is 1.60. The average molecular weight is 354 g/mol. The van der Waals surface area contributed by atoms with Crippen LogP contribution in [0.1, 0.15) is 12.5 Å². The number of amides is 1. The highest BCUT2D eigenvalue weighted by Crippen LogP contribution is 2.17. The molecular formula is C19H19FN4O2. The molecule has 0 N–H and O–H groups in total. The third-order valence-electron chi connectivity index (χ3n) is 3.90. The summed E-state index contributed by atoms with van der Waals surface area (Å²) < 4.78 is 19.8. The minimum absolute atomic E-state index is 0.0605. The lowest BCUT2D eigenvalue weighted by Gasteiger charge is -2.36. The number of hydrogen-bond acceptors (Lipinski definition) is 5. The number of piperazine rings is 1. The van der Waals surface area contributed by atoms with Gasteiger partial charge in [0.05, 0.1) is 13.2 Å². The highest BCUT2D eigenvalue weighted by molar-refractivity contribution is 5.94. The predicted octanol–water partition coefficient (Wildman–Crippen LogP) is 1.87. The Morgan fingerprint density at radius 2 is 2.00 bits per heavy atom. The van der Waals surface area contributed by atoms with Crippen LogP contribution in [0.4, 0.5) is 10.3 Å². The number of anilines is 1. The van der Waals surface area contributed by atoms with Gasteiger partial charge in [0.15, 0.2) is 6.30 Å². The summed E-state index contributed by atoms with van der Waals surface area (Å²) in [6, 6.07) is 8.84. The lowest BCUT2D eigenvalue weighted by Crippen LogP contribution is -2.53. The number of aromatic nitrogens is 2. The van der Waals surface area contributed by atoms with Gasteiger partial charge in [0, 0.05) is 37.0 Å². The molecule has 3 rings (SSSR count). The van der Waals surface area contributed by atoms with Crippen LogP contribution in [-0.4, -0.2) is 53.3 Å². The molecule has 1 aromatic heterocycles. The Labute approximate surface area is 151 Å². The summed E-state index contributed by atoms with van der Waals surface area (Å²) in [5.74, 6) is 6.07. The number of carbonyl (C=O) groups is 1. The van der Waals surface area contributed by atoms with Gasteiger partial charge in [-0.15, -0.1) is 0 Å². The van der Waals surface area contributed by atoms with Crippen LogP contribution < -0.4 is 9.64 Å². The van der Waals surface area contributed by atoms with Gasteiger partial charge in [-0.25, -0.2) is 14.4 Å². The zero-order valence-corrected chi connectivity index (χ0v) is 14.4. The molecule has 2 heterocycles. The molecule has 1 saturated heterocycles. The molecule has 1 aromatic carbocycles. The first-order valence-corrected chi connectivity index (χ1v) is 8.39. The molecule has 1 fully saturated rings. The zero-order valence-electron chi connectivity index (χ0n) is 14.4. The van der Waals surface area contributed by atoms with Crippen molar-refractivity contribution in [2.75, 3.05) is 31.1 Å². The van der Waals surface area contributed by atoms with Gasteiger partial charge in [-0.1, -0.05) is 5.92 Å². The monoisotopic (exact) mass is 354 g/mol. The summed E-state index contributed by atoms with van der Waals surface area (Å²) >= 11 is 0. The van der Waals surface area contributed by atoms with E-state index in [1.807, 2.05) is 6.92 Å². The fourth-order valence-corrected chi connectivity index (χ4v) is 2.60. The Hall–Kier alpha value is -3.14. The standard InChI is InChI=1S/C19H19FN4O2/c1-2-26-16-7-4-15(5-8-16)6-9-18(25)23-12-13-24(17(20)14-23)19-21-10-3-11-22-19/h3-5,7-8,10-11,17H,2,12-14H2,1H3.